The van der Waals surface area contributed by atoms with Crippen LogP contribution >= 0.6 is 0 Å². The van der Waals surface area contributed by atoms with E-state index in [9.17, 15) is 8.78 Å². The molecule has 15 heavy (non-hydrogen) atoms. The van der Waals surface area contributed by atoms with E-state index < -0.39 is 11.6 Å². The van der Waals surface area contributed by atoms with E-state index >= 15 is 0 Å². The molecule has 0 aliphatic carbocycles. The van der Waals surface area contributed by atoms with E-state index in [4.69, 9.17) is 5.73 Å². The molecule has 1 nitrogen and oxygen atoms in total. The maximum atomic E-state index is 12.9. The Hall–Kier alpha value is -0.743. The van der Waals surface area contributed by atoms with Crippen LogP contribution in [0.3, 0.4) is 0 Å². The minimum Gasteiger partial charge on any atom is -0.328 e. The summed E-state index contributed by atoms with van der Waals surface area (Å²) >= 11 is 0. The van der Waals surface area contributed by atoms with Gasteiger partial charge in [-0.1, -0.05) is 26.0 Å². The van der Waals surface area contributed by atoms with Crippen molar-refractivity contribution in [1.29, 1.82) is 0 Å². The quantitative estimate of drug-likeness (QED) is 0.785. The average molecular weight is 227 g/mol. The third-order valence-electron chi connectivity index (χ3n) is 2.14. The van der Waals surface area contributed by atoms with Crippen LogP contribution in [0.1, 0.15) is 19.4 Å². The standard InChI is InChI=1S/C11H15F2NSi/c1-3-15-11(2,14)7-8-4-5-9(12)10(13)6-8/h4-6H,3,7,14H2,1-2H3. The molecule has 0 amide bonds. The maximum Gasteiger partial charge on any atom is 0.159 e. The van der Waals surface area contributed by atoms with Crippen molar-refractivity contribution in [2.45, 2.75) is 31.5 Å². The molecule has 4 heteroatoms. The summed E-state index contributed by atoms with van der Waals surface area (Å²) in [6.45, 7) is 4.00. The van der Waals surface area contributed by atoms with Crippen LogP contribution in [0.4, 0.5) is 8.78 Å². The topological polar surface area (TPSA) is 26.0 Å². The molecule has 0 aromatic heterocycles. The number of rotatable bonds is 4. The summed E-state index contributed by atoms with van der Waals surface area (Å²) < 4.78 is 25.6. The zero-order valence-corrected chi connectivity index (χ0v) is 9.98. The molecular weight excluding hydrogens is 212 g/mol. The summed E-state index contributed by atoms with van der Waals surface area (Å²) in [5.41, 5.74) is 6.79. The molecule has 0 aliphatic rings. The van der Waals surface area contributed by atoms with E-state index in [1.165, 1.54) is 6.07 Å². The van der Waals surface area contributed by atoms with Crippen LogP contribution in [0.2, 0.25) is 6.04 Å². The Morgan fingerprint density at radius 3 is 2.53 bits per heavy atom. The third-order valence-corrected chi connectivity index (χ3v) is 3.47. The highest BCUT2D eigenvalue weighted by molar-refractivity contribution is 6.39. The molecule has 0 spiro atoms. The first-order valence-corrected chi connectivity index (χ1v) is 6.13. The van der Waals surface area contributed by atoms with E-state index in [0.717, 1.165) is 17.7 Å². The summed E-state index contributed by atoms with van der Waals surface area (Å²) in [7, 11) is 0.623. The summed E-state index contributed by atoms with van der Waals surface area (Å²) in [6, 6.07) is 4.97. The first-order chi connectivity index (χ1) is 6.94. The van der Waals surface area contributed by atoms with Gasteiger partial charge in [0.2, 0.25) is 0 Å². The fourth-order valence-corrected chi connectivity index (χ4v) is 2.68. The molecule has 1 rings (SSSR count). The van der Waals surface area contributed by atoms with E-state index in [1.807, 2.05) is 6.92 Å². The second-order valence-corrected chi connectivity index (χ2v) is 6.08. The Morgan fingerprint density at radius 1 is 1.33 bits per heavy atom. The Kier molecular flexibility index (Phi) is 3.99. The van der Waals surface area contributed by atoms with Gasteiger partial charge in [0.25, 0.3) is 0 Å². The average Bonchev–Trinajstić information content (AvgIpc) is 2.10. The van der Waals surface area contributed by atoms with Gasteiger partial charge in [0.15, 0.2) is 11.6 Å². The molecule has 2 N–H and O–H groups in total. The molecule has 0 heterocycles. The smallest absolute Gasteiger partial charge is 0.159 e. The van der Waals surface area contributed by atoms with Crippen molar-refractivity contribution in [3.05, 3.63) is 35.4 Å². The molecule has 2 radical (unpaired) electrons. The van der Waals surface area contributed by atoms with Gasteiger partial charge < -0.3 is 5.73 Å². The van der Waals surface area contributed by atoms with Gasteiger partial charge in [0.05, 0.1) is 9.52 Å². The van der Waals surface area contributed by atoms with Crippen molar-refractivity contribution in [1.82, 2.24) is 0 Å². The van der Waals surface area contributed by atoms with Crippen molar-refractivity contribution in [2.75, 3.05) is 0 Å². The SMILES string of the molecule is CC[Si]C(C)(N)Cc1ccc(F)c(F)c1. The van der Waals surface area contributed by atoms with Crippen LogP contribution in [0.5, 0.6) is 0 Å². The predicted octanol–water partition coefficient (Wildman–Crippen LogP) is 2.32. The van der Waals surface area contributed by atoms with Crippen molar-refractivity contribution in [3.8, 4) is 0 Å². The third kappa shape index (κ3) is 3.72. The summed E-state index contributed by atoms with van der Waals surface area (Å²) in [5, 5.41) is -0.320. The van der Waals surface area contributed by atoms with Gasteiger partial charge in [0.1, 0.15) is 0 Å². The van der Waals surface area contributed by atoms with Gasteiger partial charge in [-0.2, -0.15) is 0 Å². The lowest BCUT2D eigenvalue weighted by Gasteiger charge is -2.23. The first-order valence-electron chi connectivity index (χ1n) is 4.92. The predicted molar refractivity (Wildman–Crippen MR) is 58.9 cm³/mol. The lowest BCUT2D eigenvalue weighted by Crippen LogP contribution is -2.44. The second kappa shape index (κ2) is 4.85. The number of hydrogen-bond acceptors (Lipinski definition) is 1. The lowest BCUT2D eigenvalue weighted by molar-refractivity contribution is 0.505. The molecular formula is C11H15F2NSi. The first kappa shape index (κ1) is 12.3. The lowest BCUT2D eigenvalue weighted by atomic mass is 10.1. The van der Waals surface area contributed by atoms with Gasteiger partial charge >= 0.3 is 0 Å². The number of hydrogen-bond donors (Lipinski definition) is 1. The Bertz CT molecular complexity index is 339. The molecule has 1 atom stereocenters. The fraction of sp³-hybridized carbons (Fsp3) is 0.455. The molecule has 0 aliphatic heterocycles. The highest BCUT2D eigenvalue weighted by Crippen LogP contribution is 2.14. The van der Waals surface area contributed by atoms with E-state index in [-0.39, 0.29) is 5.16 Å². The zero-order valence-electron chi connectivity index (χ0n) is 8.98. The fourth-order valence-electron chi connectivity index (χ4n) is 1.54. The van der Waals surface area contributed by atoms with Crippen LogP contribution < -0.4 is 5.73 Å². The minimum absolute atomic E-state index is 0.320. The van der Waals surface area contributed by atoms with Crippen LogP contribution in [0.25, 0.3) is 0 Å². The maximum absolute atomic E-state index is 12.9. The zero-order chi connectivity index (χ0) is 11.5. The van der Waals surface area contributed by atoms with E-state index in [2.05, 4.69) is 6.92 Å². The van der Waals surface area contributed by atoms with Crippen LogP contribution in [0.15, 0.2) is 18.2 Å². The van der Waals surface area contributed by atoms with Gasteiger partial charge in [-0.15, -0.1) is 0 Å². The Morgan fingerprint density at radius 2 is 2.00 bits per heavy atom. The van der Waals surface area contributed by atoms with Crippen molar-refractivity contribution < 1.29 is 8.78 Å². The number of nitrogens with two attached hydrogens (primary N) is 1. The van der Waals surface area contributed by atoms with Gasteiger partial charge in [0, 0.05) is 5.16 Å². The molecule has 1 aromatic rings. The molecule has 0 saturated heterocycles. The molecule has 0 bridgehead atoms. The molecule has 0 fully saturated rings. The highest BCUT2D eigenvalue weighted by atomic mass is 28.2. The molecule has 82 valence electrons. The monoisotopic (exact) mass is 227 g/mol. The van der Waals surface area contributed by atoms with E-state index in [0.29, 0.717) is 15.9 Å². The van der Waals surface area contributed by atoms with Gasteiger partial charge in [-0.25, -0.2) is 8.78 Å². The highest BCUT2D eigenvalue weighted by Gasteiger charge is 2.19. The van der Waals surface area contributed by atoms with Gasteiger partial charge in [-0.3, -0.25) is 0 Å². The van der Waals surface area contributed by atoms with Crippen LogP contribution in [-0.2, 0) is 6.42 Å². The van der Waals surface area contributed by atoms with Gasteiger partial charge in [-0.05, 0) is 24.1 Å². The molecule has 1 unspecified atom stereocenters. The number of halogens is 2. The second-order valence-electron chi connectivity index (χ2n) is 3.87. The Balaban J connectivity index is 2.76. The summed E-state index contributed by atoms with van der Waals surface area (Å²) in [5.74, 6) is -1.61. The van der Waals surface area contributed by atoms with Crippen LogP contribution in [-0.4, -0.2) is 14.7 Å². The molecule has 0 saturated carbocycles. The largest absolute Gasteiger partial charge is 0.328 e. The van der Waals surface area contributed by atoms with Crippen molar-refractivity contribution in [2.24, 2.45) is 5.73 Å². The molecule has 1 aromatic carbocycles. The van der Waals surface area contributed by atoms with E-state index in [1.54, 1.807) is 6.07 Å². The summed E-state index contributed by atoms with van der Waals surface area (Å²) in [6.07, 6.45) is 0.580. The Labute approximate surface area is 91.5 Å². The van der Waals surface area contributed by atoms with Crippen LogP contribution in [0, 0.1) is 11.6 Å². The van der Waals surface area contributed by atoms with Crippen molar-refractivity contribution in [3.63, 3.8) is 0 Å². The summed E-state index contributed by atoms with van der Waals surface area (Å²) in [4.78, 5) is 0. The van der Waals surface area contributed by atoms with Crippen molar-refractivity contribution >= 4 is 9.52 Å². The minimum atomic E-state index is -0.810. The normalized spacial score (nSPS) is 15.0. The number of benzene rings is 1.